The standard InChI is InChI=1S/C24H19F6N5O2/c1-11-8-15(34-22(37)20(36)13-4-3-5-14(9-13)23(25,26)27)6-7-16(11)18-19-21(31)32-10-17(24(28,29)30)35(19)12(2)33-18/h3-10,20,36H,1-2H3,(H2,31,32)(H,34,37)/i2D3. The number of carbonyl (C=O) groups is 1. The van der Waals surface area contributed by atoms with Gasteiger partial charge in [0.05, 0.1) is 11.8 Å². The van der Waals surface area contributed by atoms with Crippen LogP contribution >= 0.6 is 0 Å². The number of hydrogen-bond acceptors (Lipinski definition) is 5. The lowest BCUT2D eigenvalue weighted by Crippen LogP contribution is -2.21. The Balaban J connectivity index is 1.72. The second-order valence-corrected chi connectivity index (χ2v) is 8.04. The van der Waals surface area contributed by atoms with Crippen LogP contribution in [-0.4, -0.2) is 25.4 Å². The first kappa shape index (κ1) is 22.1. The molecule has 0 fully saturated rings. The van der Waals surface area contributed by atoms with E-state index in [1.807, 2.05) is 0 Å². The molecular formula is C24H19F6N5O2. The van der Waals surface area contributed by atoms with Crippen molar-refractivity contribution in [2.45, 2.75) is 32.2 Å². The number of nitrogens with one attached hydrogen (secondary N) is 1. The first-order valence-electron chi connectivity index (χ1n) is 11.9. The van der Waals surface area contributed by atoms with Crippen molar-refractivity contribution >= 4 is 22.9 Å². The molecule has 4 aromatic rings. The molecule has 0 aliphatic heterocycles. The highest BCUT2D eigenvalue weighted by atomic mass is 19.4. The van der Waals surface area contributed by atoms with Gasteiger partial charge in [-0.25, -0.2) is 9.97 Å². The van der Waals surface area contributed by atoms with Crippen molar-refractivity contribution in [3.05, 3.63) is 76.9 Å². The number of benzene rings is 2. The number of imidazole rings is 1. The first-order valence-corrected chi connectivity index (χ1v) is 10.4. The fourth-order valence-corrected chi connectivity index (χ4v) is 3.78. The summed E-state index contributed by atoms with van der Waals surface area (Å²) in [4.78, 5) is 20.1. The average molecular weight is 526 g/mol. The van der Waals surface area contributed by atoms with E-state index in [1.165, 1.54) is 25.1 Å². The van der Waals surface area contributed by atoms with E-state index >= 15 is 0 Å². The molecule has 1 amide bonds. The van der Waals surface area contributed by atoms with Crippen LogP contribution < -0.4 is 11.1 Å². The van der Waals surface area contributed by atoms with Crippen molar-refractivity contribution in [2.75, 3.05) is 11.1 Å². The number of nitrogen functional groups attached to an aromatic ring is 1. The minimum absolute atomic E-state index is 0.0823. The number of anilines is 2. The van der Waals surface area contributed by atoms with Crippen LogP contribution in [0, 0.1) is 13.8 Å². The van der Waals surface area contributed by atoms with E-state index in [1.54, 1.807) is 0 Å². The molecule has 7 nitrogen and oxygen atoms in total. The topological polar surface area (TPSA) is 106 Å². The smallest absolute Gasteiger partial charge is 0.382 e. The Kier molecular flexibility index (Phi) is 5.42. The second kappa shape index (κ2) is 9.07. The number of hydrogen-bond donors (Lipinski definition) is 3. The Labute approximate surface area is 209 Å². The van der Waals surface area contributed by atoms with Gasteiger partial charge >= 0.3 is 12.4 Å². The number of alkyl halides is 6. The van der Waals surface area contributed by atoms with E-state index in [0.717, 1.165) is 18.2 Å². The SMILES string of the molecule is [2H]C([2H])([2H])c1nc(-c2ccc(NC(=O)C(O)c3cccc(C(F)(F)F)c3)cc2C)c2c(N)ncc(C(F)(F)F)n12. The second-order valence-electron chi connectivity index (χ2n) is 8.04. The maximum absolute atomic E-state index is 13.7. The summed E-state index contributed by atoms with van der Waals surface area (Å²) in [5.41, 5.74) is 3.06. The number of nitrogens with two attached hydrogens (primary N) is 1. The zero-order valence-corrected chi connectivity index (χ0v) is 18.7. The highest BCUT2D eigenvalue weighted by Gasteiger charge is 2.36. The van der Waals surface area contributed by atoms with Gasteiger partial charge in [0.2, 0.25) is 0 Å². The summed E-state index contributed by atoms with van der Waals surface area (Å²) < 4.78 is 104. The molecule has 0 radical (unpaired) electrons. The van der Waals surface area contributed by atoms with Gasteiger partial charge in [-0.3, -0.25) is 9.20 Å². The summed E-state index contributed by atoms with van der Waals surface area (Å²) in [6.45, 7) is -1.57. The molecule has 0 bridgehead atoms. The molecule has 37 heavy (non-hydrogen) atoms. The Morgan fingerprint density at radius 2 is 1.86 bits per heavy atom. The number of rotatable bonds is 4. The number of carbonyl (C=O) groups excluding carboxylic acids is 1. The third kappa shape index (κ3) is 4.94. The number of halogens is 6. The maximum atomic E-state index is 13.7. The quantitative estimate of drug-likeness (QED) is 0.313. The summed E-state index contributed by atoms with van der Waals surface area (Å²) in [7, 11) is 0. The number of aliphatic hydroxyl groups excluding tert-OH is 1. The summed E-state index contributed by atoms with van der Waals surface area (Å²) in [5, 5.41) is 12.7. The predicted octanol–water partition coefficient (Wildman–Crippen LogP) is 5.31. The molecule has 4 rings (SSSR count). The van der Waals surface area contributed by atoms with Gasteiger partial charge in [0.25, 0.3) is 5.91 Å². The highest BCUT2D eigenvalue weighted by molar-refractivity contribution is 5.95. The van der Waals surface area contributed by atoms with E-state index in [9.17, 15) is 36.2 Å². The molecule has 2 aromatic carbocycles. The molecule has 1 unspecified atom stereocenters. The van der Waals surface area contributed by atoms with Crippen molar-refractivity contribution in [3.8, 4) is 11.3 Å². The number of fused-ring (bicyclic) bond motifs is 1. The maximum Gasteiger partial charge on any atom is 0.433 e. The van der Waals surface area contributed by atoms with E-state index < -0.39 is 54.1 Å². The summed E-state index contributed by atoms with van der Waals surface area (Å²) in [5.74, 6) is -2.35. The van der Waals surface area contributed by atoms with Crippen LogP contribution in [0.4, 0.5) is 37.8 Å². The molecular weight excluding hydrogens is 504 g/mol. The molecule has 1 atom stereocenters. The van der Waals surface area contributed by atoms with Crippen LogP contribution in [0.15, 0.2) is 48.7 Å². The third-order valence-electron chi connectivity index (χ3n) is 5.50. The summed E-state index contributed by atoms with van der Waals surface area (Å²) in [6, 6.07) is 7.58. The van der Waals surface area contributed by atoms with E-state index in [-0.39, 0.29) is 28.0 Å². The fraction of sp³-hybridized carbons (Fsp3) is 0.208. The van der Waals surface area contributed by atoms with Gasteiger partial charge in [0.15, 0.2) is 6.10 Å². The van der Waals surface area contributed by atoms with Crippen molar-refractivity contribution in [2.24, 2.45) is 0 Å². The average Bonchev–Trinajstić information content (AvgIpc) is 3.24. The zero-order chi connectivity index (χ0) is 29.8. The zero-order valence-electron chi connectivity index (χ0n) is 21.7. The molecule has 13 heteroatoms. The van der Waals surface area contributed by atoms with Crippen LogP contribution in [0.1, 0.15) is 38.4 Å². The van der Waals surface area contributed by atoms with E-state index in [2.05, 4.69) is 15.3 Å². The monoisotopic (exact) mass is 526 g/mol. The lowest BCUT2D eigenvalue weighted by atomic mass is 10.0. The number of nitrogens with zero attached hydrogens (tertiary/aromatic N) is 3. The van der Waals surface area contributed by atoms with Crippen molar-refractivity contribution in [1.82, 2.24) is 14.4 Å². The lowest BCUT2D eigenvalue weighted by Gasteiger charge is -2.15. The Morgan fingerprint density at radius 1 is 1.14 bits per heavy atom. The summed E-state index contributed by atoms with van der Waals surface area (Å²) in [6.07, 6.45) is -11.2. The number of amides is 1. The van der Waals surface area contributed by atoms with Crippen LogP contribution in [-0.2, 0) is 17.1 Å². The Hall–Kier alpha value is -4.13. The minimum atomic E-state index is -4.99. The molecule has 0 saturated carbocycles. The van der Waals surface area contributed by atoms with E-state index in [0.29, 0.717) is 22.2 Å². The van der Waals surface area contributed by atoms with Crippen LogP contribution in [0.2, 0.25) is 0 Å². The van der Waals surface area contributed by atoms with Crippen LogP contribution in [0.5, 0.6) is 0 Å². The largest absolute Gasteiger partial charge is 0.433 e. The molecule has 0 aliphatic rings. The van der Waals surface area contributed by atoms with Gasteiger partial charge in [-0.05, 0) is 49.2 Å². The fourth-order valence-electron chi connectivity index (χ4n) is 3.78. The molecule has 0 aliphatic carbocycles. The molecule has 0 spiro atoms. The van der Waals surface area contributed by atoms with Crippen molar-refractivity contribution in [3.63, 3.8) is 0 Å². The van der Waals surface area contributed by atoms with Crippen molar-refractivity contribution < 1.29 is 40.4 Å². The van der Waals surface area contributed by atoms with Gasteiger partial charge in [0, 0.05) is 15.4 Å². The first-order chi connectivity index (χ1) is 18.4. The Bertz CT molecular complexity index is 1620. The van der Waals surface area contributed by atoms with E-state index in [4.69, 9.17) is 9.85 Å². The molecule has 0 saturated heterocycles. The molecule has 2 aromatic heterocycles. The van der Waals surface area contributed by atoms with Gasteiger partial charge in [-0.1, -0.05) is 18.2 Å². The number of aliphatic hydroxyl groups is 1. The molecule has 2 heterocycles. The predicted molar refractivity (Wildman–Crippen MR) is 122 cm³/mol. The molecule has 4 N–H and O–H groups in total. The van der Waals surface area contributed by atoms with Crippen LogP contribution in [0.3, 0.4) is 0 Å². The van der Waals surface area contributed by atoms with Gasteiger partial charge in [-0.2, -0.15) is 26.3 Å². The normalized spacial score (nSPS) is 14.6. The minimum Gasteiger partial charge on any atom is -0.382 e. The molecule has 194 valence electrons. The van der Waals surface area contributed by atoms with Gasteiger partial charge < -0.3 is 16.2 Å². The Morgan fingerprint density at radius 3 is 2.49 bits per heavy atom. The highest BCUT2D eigenvalue weighted by Crippen LogP contribution is 2.37. The number of aryl methyl sites for hydroxylation is 2. The van der Waals surface area contributed by atoms with Crippen LogP contribution in [0.25, 0.3) is 16.8 Å². The summed E-state index contributed by atoms with van der Waals surface area (Å²) >= 11 is 0. The lowest BCUT2D eigenvalue weighted by molar-refractivity contribution is -0.142. The van der Waals surface area contributed by atoms with Crippen molar-refractivity contribution in [1.29, 1.82) is 0 Å². The van der Waals surface area contributed by atoms with Gasteiger partial charge in [-0.15, -0.1) is 0 Å². The third-order valence-corrected chi connectivity index (χ3v) is 5.50. The number of aromatic nitrogens is 3. The van der Waals surface area contributed by atoms with Gasteiger partial charge in [0.1, 0.15) is 28.5 Å².